The predicted octanol–water partition coefficient (Wildman–Crippen LogP) is 3.68. The van der Waals surface area contributed by atoms with E-state index < -0.39 is 6.04 Å². The van der Waals surface area contributed by atoms with Crippen LogP contribution in [0.25, 0.3) is 5.69 Å². The molecule has 0 amide bonds. The summed E-state index contributed by atoms with van der Waals surface area (Å²) >= 11 is 13.4. The first-order chi connectivity index (χ1) is 9.66. The zero-order valence-electron chi connectivity index (χ0n) is 10.2. The van der Waals surface area contributed by atoms with Gasteiger partial charge in [-0.2, -0.15) is 0 Å². The Bertz CT molecular complexity index is 723. The number of aromatic nitrogens is 3. The molecule has 0 aliphatic rings. The second kappa shape index (κ2) is 5.54. The molecule has 1 atom stereocenters. The first-order valence-electron chi connectivity index (χ1n) is 5.83. The van der Waals surface area contributed by atoms with Crippen LogP contribution in [0.5, 0.6) is 0 Å². The molecular weight excluding hydrogens is 315 g/mol. The summed E-state index contributed by atoms with van der Waals surface area (Å²) in [6, 6.07) is 11.0. The van der Waals surface area contributed by atoms with Crippen molar-refractivity contribution >= 4 is 34.5 Å². The Kier molecular flexibility index (Phi) is 3.76. The van der Waals surface area contributed by atoms with Crippen LogP contribution in [0.3, 0.4) is 0 Å². The van der Waals surface area contributed by atoms with Crippen LogP contribution in [0.2, 0.25) is 8.67 Å². The zero-order chi connectivity index (χ0) is 14.1. The van der Waals surface area contributed by atoms with Gasteiger partial charge in [0.05, 0.1) is 32.3 Å². The van der Waals surface area contributed by atoms with Gasteiger partial charge >= 0.3 is 0 Å². The average Bonchev–Trinajstić information content (AvgIpc) is 3.05. The van der Waals surface area contributed by atoms with Crippen LogP contribution in [0.4, 0.5) is 0 Å². The topological polar surface area (TPSA) is 56.7 Å². The van der Waals surface area contributed by atoms with Gasteiger partial charge in [-0.25, -0.2) is 4.68 Å². The lowest BCUT2D eigenvalue weighted by atomic mass is 10.1. The molecule has 2 N–H and O–H groups in total. The molecule has 7 heteroatoms. The SMILES string of the molecule is NC(c1cc(Cl)sc1Cl)c1cnnn1-c1ccccc1. The molecule has 0 aliphatic heterocycles. The lowest BCUT2D eigenvalue weighted by molar-refractivity contribution is 0.721. The molecule has 0 fully saturated rings. The number of nitrogens with two attached hydrogens (primary N) is 1. The third-order valence-corrected chi connectivity index (χ3v) is 4.43. The number of thiophene rings is 1. The molecule has 0 saturated carbocycles. The highest BCUT2D eigenvalue weighted by Crippen LogP contribution is 2.36. The van der Waals surface area contributed by atoms with Crippen molar-refractivity contribution in [3.05, 3.63) is 62.5 Å². The second-order valence-corrected chi connectivity index (χ2v) is 6.45. The minimum Gasteiger partial charge on any atom is -0.319 e. The van der Waals surface area contributed by atoms with Gasteiger partial charge in [0.15, 0.2) is 0 Å². The third kappa shape index (κ3) is 2.45. The van der Waals surface area contributed by atoms with Gasteiger partial charge in [0.2, 0.25) is 0 Å². The summed E-state index contributed by atoms with van der Waals surface area (Å²) in [6.07, 6.45) is 1.64. The summed E-state index contributed by atoms with van der Waals surface area (Å²) in [4.78, 5) is 0. The normalized spacial score (nSPS) is 12.6. The van der Waals surface area contributed by atoms with Gasteiger partial charge in [-0.15, -0.1) is 16.4 Å². The van der Waals surface area contributed by atoms with Crippen molar-refractivity contribution in [2.45, 2.75) is 6.04 Å². The van der Waals surface area contributed by atoms with Crippen molar-refractivity contribution < 1.29 is 0 Å². The minimum atomic E-state index is -0.429. The minimum absolute atomic E-state index is 0.429. The summed E-state index contributed by atoms with van der Waals surface area (Å²) in [6.45, 7) is 0. The van der Waals surface area contributed by atoms with E-state index in [4.69, 9.17) is 28.9 Å². The first-order valence-corrected chi connectivity index (χ1v) is 7.40. The van der Waals surface area contributed by atoms with Crippen molar-refractivity contribution in [3.8, 4) is 5.69 Å². The zero-order valence-corrected chi connectivity index (χ0v) is 12.5. The molecule has 0 bridgehead atoms. The van der Waals surface area contributed by atoms with Crippen LogP contribution in [0, 0.1) is 0 Å². The van der Waals surface area contributed by atoms with Crippen molar-refractivity contribution in [1.29, 1.82) is 0 Å². The van der Waals surface area contributed by atoms with E-state index in [1.54, 1.807) is 16.9 Å². The number of benzene rings is 1. The Labute approximate surface area is 129 Å². The maximum Gasteiger partial charge on any atom is 0.0995 e. The Morgan fingerprint density at radius 3 is 2.60 bits per heavy atom. The predicted molar refractivity (Wildman–Crippen MR) is 81.7 cm³/mol. The lowest BCUT2D eigenvalue weighted by Gasteiger charge is -2.12. The fourth-order valence-corrected chi connectivity index (χ4v) is 3.50. The fourth-order valence-electron chi connectivity index (χ4n) is 1.95. The molecule has 102 valence electrons. The maximum absolute atomic E-state index is 6.28. The van der Waals surface area contributed by atoms with Crippen molar-refractivity contribution in [1.82, 2.24) is 15.0 Å². The molecule has 1 unspecified atom stereocenters. The van der Waals surface area contributed by atoms with E-state index in [1.807, 2.05) is 30.3 Å². The molecule has 2 heterocycles. The summed E-state index contributed by atoms with van der Waals surface area (Å²) in [5, 5.41) is 8.03. The summed E-state index contributed by atoms with van der Waals surface area (Å²) in [5.41, 5.74) is 8.71. The van der Waals surface area contributed by atoms with Crippen molar-refractivity contribution in [3.63, 3.8) is 0 Å². The van der Waals surface area contributed by atoms with Gasteiger partial charge in [-0.05, 0) is 18.2 Å². The summed E-state index contributed by atoms with van der Waals surface area (Å²) < 4.78 is 2.90. The van der Waals surface area contributed by atoms with E-state index >= 15 is 0 Å². The number of hydrogen-bond acceptors (Lipinski definition) is 4. The number of hydrogen-bond donors (Lipinski definition) is 1. The molecule has 3 rings (SSSR count). The van der Waals surface area contributed by atoms with E-state index in [0.717, 1.165) is 16.9 Å². The van der Waals surface area contributed by atoms with Crippen LogP contribution in [0.15, 0.2) is 42.6 Å². The molecule has 2 aromatic heterocycles. The molecule has 4 nitrogen and oxygen atoms in total. The highest BCUT2D eigenvalue weighted by molar-refractivity contribution is 7.20. The summed E-state index contributed by atoms with van der Waals surface area (Å²) in [7, 11) is 0. The molecule has 0 spiro atoms. The van der Waals surface area contributed by atoms with Gasteiger partial charge in [0.25, 0.3) is 0 Å². The Morgan fingerprint density at radius 1 is 1.20 bits per heavy atom. The van der Waals surface area contributed by atoms with Crippen LogP contribution < -0.4 is 5.73 Å². The molecule has 0 radical (unpaired) electrons. The molecule has 3 aromatic rings. The van der Waals surface area contributed by atoms with Gasteiger partial charge < -0.3 is 5.73 Å². The Balaban J connectivity index is 2.04. The molecular formula is C13H10Cl2N4S. The van der Waals surface area contributed by atoms with Crippen LogP contribution in [-0.4, -0.2) is 15.0 Å². The highest BCUT2D eigenvalue weighted by Gasteiger charge is 2.20. The third-order valence-electron chi connectivity index (χ3n) is 2.91. The van der Waals surface area contributed by atoms with Gasteiger partial charge in [0.1, 0.15) is 0 Å². The van der Waals surface area contributed by atoms with Gasteiger partial charge in [-0.3, -0.25) is 0 Å². The molecule has 0 saturated heterocycles. The lowest BCUT2D eigenvalue weighted by Crippen LogP contribution is -2.16. The van der Waals surface area contributed by atoms with Crippen LogP contribution in [-0.2, 0) is 0 Å². The second-order valence-electron chi connectivity index (χ2n) is 4.16. The monoisotopic (exact) mass is 324 g/mol. The van der Waals surface area contributed by atoms with Crippen LogP contribution in [0.1, 0.15) is 17.3 Å². The van der Waals surface area contributed by atoms with Gasteiger partial charge in [-0.1, -0.05) is 46.6 Å². The van der Waals surface area contributed by atoms with E-state index in [9.17, 15) is 0 Å². The van der Waals surface area contributed by atoms with Crippen LogP contribution >= 0.6 is 34.5 Å². The highest BCUT2D eigenvalue weighted by atomic mass is 35.5. The van der Waals surface area contributed by atoms with E-state index in [2.05, 4.69) is 10.3 Å². The van der Waals surface area contributed by atoms with E-state index in [1.165, 1.54) is 11.3 Å². The Hall–Kier alpha value is -1.40. The van der Waals surface area contributed by atoms with Crippen molar-refractivity contribution in [2.75, 3.05) is 0 Å². The van der Waals surface area contributed by atoms with Crippen molar-refractivity contribution in [2.24, 2.45) is 5.73 Å². The molecule has 1 aromatic carbocycles. The fraction of sp³-hybridized carbons (Fsp3) is 0.0769. The smallest absolute Gasteiger partial charge is 0.0995 e. The van der Waals surface area contributed by atoms with Gasteiger partial charge in [0, 0.05) is 5.56 Å². The quantitative estimate of drug-likeness (QED) is 0.799. The average molecular weight is 325 g/mol. The maximum atomic E-state index is 6.28. The van der Waals surface area contributed by atoms with E-state index in [-0.39, 0.29) is 0 Å². The number of nitrogens with zero attached hydrogens (tertiary/aromatic N) is 3. The summed E-state index contributed by atoms with van der Waals surface area (Å²) in [5.74, 6) is 0. The van der Waals surface area contributed by atoms with E-state index in [0.29, 0.717) is 8.67 Å². The Morgan fingerprint density at radius 2 is 1.95 bits per heavy atom. The molecule has 0 aliphatic carbocycles. The number of rotatable bonds is 3. The number of para-hydroxylation sites is 1. The first kappa shape index (κ1) is 13.6. The number of halogens is 2. The largest absolute Gasteiger partial charge is 0.319 e. The molecule has 20 heavy (non-hydrogen) atoms. The standard InChI is InChI=1S/C13H10Cl2N4S/c14-11-6-9(13(15)20-11)12(16)10-7-17-18-19(10)8-4-2-1-3-5-8/h1-7,12H,16H2.